The normalized spacial score (nSPS) is 26.8. The maximum Gasteiger partial charge on any atom is 0.157 e. The fraction of sp³-hybridized carbons (Fsp3) is 0.733. The molecule has 1 saturated heterocycles. The van der Waals surface area contributed by atoms with E-state index in [0.29, 0.717) is 11.8 Å². The lowest BCUT2D eigenvalue weighted by molar-refractivity contribution is -0.199. The Morgan fingerprint density at radius 3 is 2.77 bits per heavy atom. The molecule has 22 heavy (non-hydrogen) atoms. The standard InChI is InChI=1S/C15H23ClN4O2/c1-3-22-11-8-10(21)15(11)4-6-20(7-5-15)14-12(17-2)13(16)18-9-19-14/h9-11,17,21H,3-8H2,1-2H3/t10-,11+/m0/s1. The monoisotopic (exact) mass is 326 g/mol. The molecular formula is C15H23ClN4O2. The van der Waals surface area contributed by atoms with Crippen LogP contribution in [0.3, 0.4) is 0 Å². The lowest BCUT2D eigenvalue weighted by atomic mass is 9.58. The van der Waals surface area contributed by atoms with E-state index in [4.69, 9.17) is 16.3 Å². The minimum absolute atomic E-state index is 0.0802. The summed E-state index contributed by atoms with van der Waals surface area (Å²) in [4.78, 5) is 10.6. The van der Waals surface area contributed by atoms with Crippen LogP contribution in [0.2, 0.25) is 5.15 Å². The van der Waals surface area contributed by atoms with Gasteiger partial charge in [0.2, 0.25) is 0 Å². The summed E-state index contributed by atoms with van der Waals surface area (Å²) in [7, 11) is 1.82. The summed E-state index contributed by atoms with van der Waals surface area (Å²) in [5.74, 6) is 0.833. The van der Waals surface area contributed by atoms with Gasteiger partial charge >= 0.3 is 0 Å². The summed E-state index contributed by atoms with van der Waals surface area (Å²) in [6.45, 7) is 4.38. The molecule has 0 radical (unpaired) electrons. The number of hydrogen-bond donors (Lipinski definition) is 2. The van der Waals surface area contributed by atoms with Gasteiger partial charge in [0.15, 0.2) is 11.0 Å². The molecule has 0 aromatic carbocycles. The van der Waals surface area contributed by atoms with Crippen LogP contribution in [0.5, 0.6) is 0 Å². The van der Waals surface area contributed by atoms with Gasteiger partial charge in [-0.15, -0.1) is 0 Å². The van der Waals surface area contributed by atoms with Gasteiger partial charge in [-0.1, -0.05) is 11.6 Å². The number of halogens is 1. The van der Waals surface area contributed by atoms with Crippen molar-refractivity contribution < 1.29 is 9.84 Å². The Kier molecular flexibility index (Phi) is 4.43. The molecule has 1 saturated carbocycles. The van der Waals surface area contributed by atoms with E-state index in [-0.39, 0.29) is 17.6 Å². The lowest BCUT2D eigenvalue weighted by Crippen LogP contribution is -2.62. The Hall–Kier alpha value is -1.11. The van der Waals surface area contributed by atoms with E-state index in [1.165, 1.54) is 6.33 Å². The first-order valence-electron chi connectivity index (χ1n) is 7.85. The Labute approximate surface area is 135 Å². The maximum atomic E-state index is 10.3. The van der Waals surface area contributed by atoms with Crippen molar-refractivity contribution in [2.24, 2.45) is 5.41 Å². The Balaban J connectivity index is 1.73. The molecule has 0 bridgehead atoms. The molecule has 2 atom stereocenters. The largest absolute Gasteiger partial charge is 0.392 e. The molecule has 0 amide bonds. The fourth-order valence-electron chi connectivity index (χ4n) is 3.76. The number of hydrogen-bond acceptors (Lipinski definition) is 6. The minimum atomic E-state index is -0.246. The highest BCUT2D eigenvalue weighted by molar-refractivity contribution is 6.32. The Morgan fingerprint density at radius 2 is 2.18 bits per heavy atom. The van der Waals surface area contributed by atoms with Crippen LogP contribution in [0.1, 0.15) is 26.2 Å². The van der Waals surface area contributed by atoms with Gasteiger partial charge in [-0.2, -0.15) is 0 Å². The second-order valence-electron chi connectivity index (χ2n) is 6.03. The zero-order valence-corrected chi connectivity index (χ0v) is 13.8. The van der Waals surface area contributed by atoms with Crippen molar-refractivity contribution in [3.05, 3.63) is 11.5 Å². The lowest BCUT2D eigenvalue weighted by Gasteiger charge is -2.56. The molecule has 122 valence electrons. The van der Waals surface area contributed by atoms with Crippen LogP contribution in [0.25, 0.3) is 0 Å². The maximum absolute atomic E-state index is 10.3. The van der Waals surface area contributed by atoms with E-state index >= 15 is 0 Å². The average molecular weight is 327 g/mol. The highest BCUT2D eigenvalue weighted by atomic mass is 35.5. The van der Waals surface area contributed by atoms with E-state index < -0.39 is 0 Å². The summed E-state index contributed by atoms with van der Waals surface area (Å²) in [6.07, 6.45) is 4.00. The number of nitrogens with one attached hydrogen (secondary N) is 1. The third kappa shape index (κ3) is 2.43. The first-order chi connectivity index (χ1) is 10.6. The molecule has 1 aromatic heterocycles. The van der Waals surface area contributed by atoms with Crippen molar-refractivity contribution in [1.29, 1.82) is 0 Å². The van der Waals surface area contributed by atoms with Gasteiger partial charge in [-0.05, 0) is 19.8 Å². The third-order valence-corrected chi connectivity index (χ3v) is 5.42. The summed E-state index contributed by atoms with van der Waals surface area (Å²) in [6, 6.07) is 0. The number of piperidine rings is 1. The highest BCUT2D eigenvalue weighted by Crippen LogP contribution is 2.51. The van der Waals surface area contributed by atoms with Gasteiger partial charge in [0, 0.05) is 38.6 Å². The Bertz CT molecular complexity index is 532. The predicted octanol–water partition coefficient (Wildman–Crippen LogP) is 1.93. The van der Waals surface area contributed by atoms with Crippen molar-refractivity contribution in [2.75, 3.05) is 37.0 Å². The second kappa shape index (κ2) is 6.18. The molecule has 7 heteroatoms. The molecule has 0 unspecified atom stereocenters. The van der Waals surface area contributed by atoms with Gasteiger partial charge in [0.1, 0.15) is 12.0 Å². The van der Waals surface area contributed by atoms with Crippen LogP contribution in [0.4, 0.5) is 11.5 Å². The molecule has 1 aliphatic heterocycles. The zero-order valence-electron chi connectivity index (χ0n) is 13.0. The fourth-order valence-corrected chi connectivity index (χ4v) is 3.98. The number of aliphatic hydroxyl groups excluding tert-OH is 1. The Morgan fingerprint density at radius 1 is 1.45 bits per heavy atom. The summed E-state index contributed by atoms with van der Waals surface area (Å²) >= 11 is 6.13. The summed E-state index contributed by atoms with van der Waals surface area (Å²) in [5, 5.41) is 13.8. The molecule has 6 nitrogen and oxygen atoms in total. The topological polar surface area (TPSA) is 70.5 Å². The van der Waals surface area contributed by atoms with Gasteiger partial charge < -0.3 is 20.1 Å². The van der Waals surface area contributed by atoms with Crippen LogP contribution in [-0.4, -0.2) is 54.0 Å². The minimum Gasteiger partial charge on any atom is -0.392 e. The van der Waals surface area contributed by atoms with Crippen LogP contribution < -0.4 is 10.2 Å². The SMILES string of the molecule is CCO[C@@H]1C[C@H](O)C12CCN(c1ncnc(Cl)c1NC)CC2. The van der Waals surface area contributed by atoms with E-state index in [9.17, 15) is 5.11 Å². The molecule has 1 aliphatic carbocycles. The van der Waals surface area contributed by atoms with E-state index in [0.717, 1.165) is 43.9 Å². The number of aliphatic hydroxyl groups is 1. The molecule has 2 fully saturated rings. The van der Waals surface area contributed by atoms with Gasteiger partial charge in [-0.25, -0.2) is 9.97 Å². The summed E-state index contributed by atoms with van der Waals surface area (Å²) in [5.41, 5.74) is 0.680. The average Bonchev–Trinajstić information content (AvgIpc) is 2.54. The second-order valence-corrected chi connectivity index (χ2v) is 6.39. The van der Waals surface area contributed by atoms with Crippen molar-refractivity contribution in [1.82, 2.24) is 9.97 Å². The number of rotatable bonds is 4. The predicted molar refractivity (Wildman–Crippen MR) is 86.5 cm³/mol. The first kappa shape index (κ1) is 15.8. The number of anilines is 2. The highest BCUT2D eigenvalue weighted by Gasteiger charge is 2.56. The number of aromatic nitrogens is 2. The van der Waals surface area contributed by atoms with E-state index in [2.05, 4.69) is 20.2 Å². The molecule has 2 heterocycles. The van der Waals surface area contributed by atoms with Crippen LogP contribution in [-0.2, 0) is 4.74 Å². The van der Waals surface area contributed by atoms with Gasteiger partial charge in [0.25, 0.3) is 0 Å². The quantitative estimate of drug-likeness (QED) is 0.824. The molecule has 1 aromatic rings. The first-order valence-corrected chi connectivity index (χ1v) is 8.23. The van der Waals surface area contributed by atoms with Gasteiger partial charge in [0.05, 0.1) is 12.2 Å². The van der Waals surface area contributed by atoms with E-state index in [1.807, 2.05) is 14.0 Å². The van der Waals surface area contributed by atoms with Crippen LogP contribution >= 0.6 is 11.6 Å². The zero-order chi connectivity index (χ0) is 15.7. The number of nitrogens with zero attached hydrogens (tertiary/aromatic N) is 3. The van der Waals surface area contributed by atoms with Crippen molar-refractivity contribution in [3.63, 3.8) is 0 Å². The smallest absolute Gasteiger partial charge is 0.157 e. The molecule has 2 N–H and O–H groups in total. The number of ether oxygens (including phenoxy) is 1. The molecular weight excluding hydrogens is 304 g/mol. The molecule has 3 rings (SSSR count). The van der Waals surface area contributed by atoms with Crippen LogP contribution in [0, 0.1) is 5.41 Å². The molecule has 2 aliphatic rings. The van der Waals surface area contributed by atoms with Crippen molar-refractivity contribution in [2.45, 2.75) is 38.4 Å². The van der Waals surface area contributed by atoms with Crippen molar-refractivity contribution >= 4 is 23.1 Å². The summed E-state index contributed by atoms with van der Waals surface area (Å²) < 4.78 is 5.81. The third-order valence-electron chi connectivity index (χ3n) is 5.13. The van der Waals surface area contributed by atoms with Gasteiger partial charge in [-0.3, -0.25) is 0 Å². The van der Waals surface area contributed by atoms with Crippen LogP contribution in [0.15, 0.2) is 6.33 Å². The van der Waals surface area contributed by atoms with E-state index in [1.54, 1.807) is 0 Å². The molecule has 1 spiro atoms. The van der Waals surface area contributed by atoms with Crippen molar-refractivity contribution in [3.8, 4) is 0 Å².